The number of rotatable bonds is 3. The topological polar surface area (TPSA) is 52.1 Å². The molecule has 4 nitrogen and oxygen atoms in total. The number of furan rings is 1. The molecule has 3 aromatic rings. The van der Waals surface area contributed by atoms with Gasteiger partial charge in [-0.05, 0) is 49.4 Å². The maximum atomic E-state index is 6.18. The van der Waals surface area contributed by atoms with E-state index in [0.29, 0.717) is 17.6 Å². The Balaban J connectivity index is 1.77. The van der Waals surface area contributed by atoms with Crippen LogP contribution in [0.2, 0.25) is 5.02 Å². The van der Waals surface area contributed by atoms with Gasteiger partial charge in [-0.25, -0.2) is 0 Å². The van der Waals surface area contributed by atoms with Gasteiger partial charge in [0.2, 0.25) is 11.7 Å². The quantitative estimate of drug-likeness (QED) is 0.678. The fourth-order valence-electron chi connectivity index (χ4n) is 3.59. The van der Waals surface area contributed by atoms with Gasteiger partial charge in [-0.15, -0.1) is 0 Å². The molecule has 0 saturated heterocycles. The highest BCUT2D eigenvalue weighted by Gasteiger charge is 2.49. The molecule has 1 fully saturated rings. The molecule has 0 N–H and O–H groups in total. The van der Waals surface area contributed by atoms with Crippen molar-refractivity contribution in [1.29, 1.82) is 0 Å². The fourth-order valence-corrected chi connectivity index (χ4v) is 3.78. The summed E-state index contributed by atoms with van der Waals surface area (Å²) in [5.74, 6) is 2.65. The van der Waals surface area contributed by atoms with Gasteiger partial charge in [0, 0.05) is 5.02 Å². The molecule has 0 radical (unpaired) electrons. The molecule has 0 bridgehead atoms. The Morgan fingerprint density at radius 2 is 2.09 bits per heavy atom. The molecule has 0 amide bonds. The van der Waals surface area contributed by atoms with Crippen molar-refractivity contribution in [3.05, 3.63) is 58.8 Å². The highest BCUT2D eigenvalue weighted by Crippen LogP contribution is 2.52. The Hall–Kier alpha value is -2.07. The zero-order chi connectivity index (χ0) is 16.0. The van der Waals surface area contributed by atoms with Crippen LogP contribution in [0.4, 0.5) is 0 Å². The first-order valence-corrected chi connectivity index (χ1v) is 8.11. The number of aromatic nitrogens is 2. The molecule has 1 aromatic carbocycles. The van der Waals surface area contributed by atoms with Crippen molar-refractivity contribution in [2.75, 3.05) is 0 Å². The smallest absolute Gasteiger partial charge is 0.237 e. The summed E-state index contributed by atoms with van der Waals surface area (Å²) in [6.45, 7) is 4.13. The predicted molar refractivity (Wildman–Crippen MR) is 87.4 cm³/mol. The van der Waals surface area contributed by atoms with Gasteiger partial charge in [-0.1, -0.05) is 35.8 Å². The molecule has 1 saturated carbocycles. The monoisotopic (exact) mass is 328 g/mol. The normalized spacial score (nSPS) is 23.7. The van der Waals surface area contributed by atoms with Gasteiger partial charge in [0.05, 0.1) is 17.2 Å². The average molecular weight is 329 g/mol. The molecule has 1 aliphatic rings. The van der Waals surface area contributed by atoms with Crippen LogP contribution in [0.15, 0.2) is 45.5 Å². The molecule has 1 aliphatic carbocycles. The van der Waals surface area contributed by atoms with Crippen molar-refractivity contribution < 1.29 is 8.94 Å². The zero-order valence-corrected chi connectivity index (χ0v) is 13.8. The lowest BCUT2D eigenvalue weighted by atomic mass is 9.59. The van der Waals surface area contributed by atoms with Gasteiger partial charge in [0.1, 0.15) is 5.76 Å². The summed E-state index contributed by atoms with van der Waals surface area (Å²) in [5.41, 5.74) is 1.78. The third kappa shape index (κ3) is 2.29. The van der Waals surface area contributed by atoms with Gasteiger partial charge in [-0.3, -0.25) is 0 Å². The number of halogens is 1. The number of nitrogens with zero attached hydrogens (tertiary/aromatic N) is 2. The first-order chi connectivity index (χ1) is 11.1. The van der Waals surface area contributed by atoms with Crippen molar-refractivity contribution in [1.82, 2.24) is 10.1 Å². The maximum Gasteiger partial charge on any atom is 0.237 e. The Kier molecular flexibility index (Phi) is 3.31. The third-order valence-electron chi connectivity index (χ3n) is 4.71. The number of benzene rings is 1. The van der Waals surface area contributed by atoms with Crippen LogP contribution < -0.4 is 0 Å². The van der Waals surface area contributed by atoms with Crippen molar-refractivity contribution in [3.8, 4) is 11.4 Å². The summed E-state index contributed by atoms with van der Waals surface area (Å²) in [5, 5.41) is 4.89. The first-order valence-electron chi connectivity index (χ1n) is 7.73. The highest BCUT2D eigenvalue weighted by molar-refractivity contribution is 6.30. The summed E-state index contributed by atoms with van der Waals surface area (Å²) in [6.07, 6.45) is 3.61. The lowest BCUT2D eigenvalue weighted by molar-refractivity contribution is 0.151. The number of hydrogen-bond acceptors (Lipinski definition) is 4. The minimum absolute atomic E-state index is 0.229. The lowest BCUT2D eigenvalue weighted by Gasteiger charge is -2.44. The summed E-state index contributed by atoms with van der Waals surface area (Å²) >= 11 is 6.18. The van der Waals surface area contributed by atoms with Crippen LogP contribution in [0, 0.1) is 12.8 Å². The Morgan fingerprint density at radius 3 is 2.74 bits per heavy atom. The molecule has 0 atom stereocenters. The van der Waals surface area contributed by atoms with Crippen molar-refractivity contribution in [2.24, 2.45) is 5.92 Å². The van der Waals surface area contributed by atoms with Crippen LogP contribution in [-0.2, 0) is 5.41 Å². The van der Waals surface area contributed by atoms with Gasteiger partial charge in [0.15, 0.2) is 0 Å². The fraction of sp³-hybridized carbons (Fsp3) is 0.333. The first kappa shape index (κ1) is 14.5. The standard InChI is InChI=1S/C18H17ClN2O2/c1-11-9-18(10-11,13-4-3-5-14(19)8-13)17-20-16(21-23-17)15-6-7-22-12(15)2/h3-8,11H,9-10H2,1-2H3. The minimum atomic E-state index is -0.229. The van der Waals surface area contributed by atoms with Crippen LogP contribution in [0.5, 0.6) is 0 Å². The van der Waals surface area contributed by atoms with Crippen molar-refractivity contribution >= 4 is 11.6 Å². The van der Waals surface area contributed by atoms with Crippen LogP contribution in [0.1, 0.15) is 37.0 Å². The van der Waals surface area contributed by atoms with E-state index in [1.807, 2.05) is 31.2 Å². The van der Waals surface area contributed by atoms with E-state index in [2.05, 4.69) is 23.1 Å². The van der Waals surface area contributed by atoms with Gasteiger partial charge < -0.3 is 8.94 Å². The van der Waals surface area contributed by atoms with Gasteiger partial charge in [0.25, 0.3) is 0 Å². The second-order valence-corrected chi connectivity index (χ2v) is 6.86. The number of hydrogen-bond donors (Lipinski definition) is 0. The van der Waals surface area contributed by atoms with E-state index in [9.17, 15) is 0 Å². The molecule has 2 aromatic heterocycles. The minimum Gasteiger partial charge on any atom is -0.469 e. The molecule has 0 spiro atoms. The van der Waals surface area contributed by atoms with E-state index in [-0.39, 0.29) is 5.41 Å². The molecule has 5 heteroatoms. The van der Waals surface area contributed by atoms with E-state index < -0.39 is 0 Å². The van der Waals surface area contributed by atoms with E-state index in [1.54, 1.807) is 6.26 Å². The van der Waals surface area contributed by atoms with Crippen LogP contribution in [0.3, 0.4) is 0 Å². The summed E-state index contributed by atoms with van der Waals surface area (Å²) < 4.78 is 11.0. The lowest BCUT2D eigenvalue weighted by Crippen LogP contribution is -2.41. The van der Waals surface area contributed by atoms with E-state index in [4.69, 9.17) is 20.5 Å². The molecular formula is C18H17ClN2O2. The Morgan fingerprint density at radius 1 is 1.26 bits per heavy atom. The van der Waals surface area contributed by atoms with E-state index in [1.165, 1.54) is 0 Å². The second kappa shape index (κ2) is 5.24. The molecule has 118 valence electrons. The molecule has 4 rings (SSSR count). The molecule has 0 unspecified atom stereocenters. The van der Waals surface area contributed by atoms with Crippen LogP contribution >= 0.6 is 11.6 Å². The molecule has 0 aliphatic heterocycles. The Bertz CT molecular complexity index is 846. The zero-order valence-electron chi connectivity index (χ0n) is 13.0. The van der Waals surface area contributed by atoms with Crippen LogP contribution in [0.25, 0.3) is 11.4 Å². The van der Waals surface area contributed by atoms with Gasteiger partial charge in [-0.2, -0.15) is 4.98 Å². The largest absolute Gasteiger partial charge is 0.469 e. The van der Waals surface area contributed by atoms with Gasteiger partial charge >= 0.3 is 0 Å². The highest BCUT2D eigenvalue weighted by atomic mass is 35.5. The predicted octanol–water partition coefficient (Wildman–Crippen LogP) is 5.01. The van der Waals surface area contributed by atoms with E-state index >= 15 is 0 Å². The van der Waals surface area contributed by atoms with Crippen molar-refractivity contribution in [3.63, 3.8) is 0 Å². The Labute approximate surface area is 139 Å². The number of aryl methyl sites for hydroxylation is 1. The maximum absolute atomic E-state index is 6.18. The van der Waals surface area contributed by atoms with Crippen molar-refractivity contribution in [2.45, 2.75) is 32.1 Å². The second-order valence-electron chi connectivity index (χ2n) is 6.42. The summed E-state index contributed by atoms with van der Waals surface area (Å²) in [4.78, 5) is 4.67. The molecule has 2 heterocycles. The van der Waals surface area contributed by atoms with Crippen LogP contribution in [-0.4, -0.2) is 10.1 Å². The van der Waals surface area contributed by atoms with E-state index in [0.717, 1.165) is 34.8 Å². The molecular weight excluding hydrogens is 312 g/mol. The summed E-state index contributed by atoms with van der Waals surface area (Å²) in [6, 6.07) is 9.80. The third-order valence-corrected chi connectivity index (χ3v) is 4.94. The average Bonchev–Trinajstić information content (AvgIpc) is 3.12. The molecule has 23 heavy (non-hydrogen) atoms. The summed E-state index contributed by atoms with van der Waals surface area (Å²) in [7, 11) is 0. The SMILES string of the molecule is Cc1occc1-c1noc(C2(c3cccc(Cl)c3)CC(C)C2)n1.